The molecule has 0 saturated carbocycles. The Balaban J connectivity index is 2.19. The fourth-order valence-electron chi connectivity index (χ4n) is 0.0456. The minimum Gasteiger partial charge on any atom is -0.394 e. The van der Waals surface area contributed by atoms with Gasteiger partial charge in [0.1, 0.15) is 0 Å². The maximum atomic E-state index is 7.82. The van der Waals surface area contributed by atoms with E-state index in [1.807, 2.05) is 0 Å². The van der Waals surface area contributed by atoms with Crippen molar-refractivity contribution in [2.45, 2.75) is 0 Å². The van der Waals surface area contributed by atoms with Gasteiger partial charge in [0.15, 0.2) is 0 Å². The minimum absolute atomic E-state index is 0.0660. The lowest BCUT2D eigenvalue weighted by Crippen LogP contribution is -1.94. The summed E-state index contributed by atoms with van der Waals surface area (Å²) in [5, 5.41) is 7.82. The molecule has 0 bridgehead atoms. The van der Waals surface area contributed by atoms with Crippen molar-refractivity contribution in [1.82, 2.24) is 5.90 Å². The van der Waals surface area contributed by atoms with E-state index in [-0.39, 0.29) is 13.2 Å². The van der Waals surface area contributed by atoms with Crippen LogP contribution < -0.4 is 5.90 Å². The lowest BCUT2D eigenvalue weighted by molar-refractivity contribution is 0.0791. The van der Waals surface area contributed by atoms with Gasteiger partial charge in [0.05, 0.1) is 13.2 Å². The predicted molar refractivity (Wildman–Crippen MR) is 16.1 cm³/mol. The van der Waals surface area contributed by atoms with Crippen LogP contribution in [-0.4, -0.2) is 18.3 Å². The zero-order valence-corrected chi connectivity index (χ0v) is 2.77. The smallest absolute Gasteiger partial charge is 0.0930 e. The van der Waals surface area contributed by atoms with Crippen molar-refractivity contribution >= 4 is 0 Å². The SMILES string of the molecule is [NH]OCCO. The first-order chi connectivity index (χ1) is 2.41. The molecule has 0 rings (SSSR count). The molecule has 0 aromatic heterocycles. The van der Waals surface area contributed by atoms with Crippen molar-refractivity contribution < 1.29 is 9.94 Å². The van der Waals surface area contributed by atoms with Crippen LogP contribution in [0.5, 0.6) is 0 Å². The molecule has 5 heavy (non-hydrogen) atoms. The highest BCUT2D eigenvalue weighted by molar-refractivity contribution is 4.11. The van der Waals surface area contributed by atoms with Gasteiger partial charge < -0.3 is 5.11 Å². The van der Waals surface area contributed by atoms with E-state index in [1.165, 1.54) is 0 Å². The van der Waals surface area contributed by atoms with Crippen LogP contribution in [0, 0.1) is 0 Å². The van der Waals surface area contributed by atoms with Crippen molar-refractivity contribution in [2.24, 2.45) is 0 Å². The summed E-state index contributed by atoms with van der Waals surface area (Å²) in [5.41, 5.74) is 0. The average Bonchev–Trinajstić information content (AvgIpc) is 1.41. The summed E-state index contributed by atoms with van der Waals surface area (Å²) in [7, 11) is 0. The van der Waals surface area contributed by atoms with Crippen molar-refractivity contribution in [3.05, 3.63) is 0 Å². The maximum absolute atomic E-state index is 7.82. The number of hydrogen-bond donors (Lipinski definition) is 1. The average molecular weight is 76.1 g/mol. The minimum atomic E-state index is -0.0660. The number of rotatable bonds is 2. The molecular weight excluding hydrogens is 70.0 g/mol. The Morgan fingerprint density at radius 1 is 1.80 bits per heavy atom. The lowest BCUT2D eigenvalue weighted by atomic mass is 10.8. The van der Waals surface area contributed by atoms with Crippen LogP contribution in [0.3, 0.4) is 0 Å². The molecule has 0 aliphatic carbocycles. The van der Waals surface area contributed by atoms with Crippen LogP contribution in [0.25, 0.3) is 0 Å². The Morgan fingerprint density at radius 2 is 2.40 bits per heavy atom. The molecule has 0 heterocycles. The van der Waals surface area contributed by atoms with Gasteiger partial charge in [-0.2, -0.15) is 0 Å². The summed E-state index contributed by atoms with van der Waals surface area (Å²) >= 11 is 0. The largest absolute Gasteiger partial charge is 0.394 e. The van der Waals surface area contributed by atoms with E-state index >= 15 is 0 Å². The van der Waals surface area contributed by atoms with E-state index < -0.39 is 0 Å². The molecular formula is C2H6NO2. The lowest BCUT2D eigenvalue weighted by Gasteiger charge is -1.81. The molecule has 1 radical (unpaired) electrons. The molecule has 0 fully saturated rings. The topological polar surface area (TPSA) is 53.3 Å². The summed E-state index contributed by atoms with van der Waals surface area (Å²) in [6.45, 7) is 0.0451. The second-order valence-electron chi connectivity index (χ2n) is 0.572. The van der Waals surface area contributed by atoms with Crippen LogP contribution in [0.2, 0.25) is 0 Å². The standard InChI is InChI=1S/C2H6NO2/c3-5-2-1-4/h3-4H,1-2H2. The molecule has 3 heteroatoms. The predicted octanol–water partition coefficient (Wildman–Crippen LogP) is -0.807. The highest BCUT2D eigenvalue weighted by Crippen LogP contribution is 1.54. The van der Waals surface area contributed by atoms with E-state index in [2.05, 4.69) is 4.84 Å². The second kappa shape index (κ2) is 3.88. The molecule has 31 valence electrons. The third kappa shape index (κ3) is 3.88. The van der Waals surface area contributed by atoms with Crippen LogP contribution in [-0.2, 0) is 4.84 Å². The van der Waals surface area contributed by atoms with Crippen molar-refractivity contribution in [2.75, 3.05) is 13.2 Å². The van der Waals surface area contributed by atoms with Crippen molar-refractivity contribution in [3.8, 4) is 0 Å². The Labute approximate surface area is 30.3 Å². The van der Waals surface area contributed by atoms with Gasteiger partial charge in [-0.3, -0.25) is 4.84 Å². The normalized spacial score (nSPS) is 8.40. The Bertz CT molecular complexity index is 15.1. The molecule has 0 spiro atoms. The maximum Gasteiger partial charge on any atom is 0.0930 e. The molecule has 3 nitrogen and oxygen atoms in total. The first-order valence-corrected chi connectivity index (χ1v) is 1.31. The molecule has 0 aromatic rings. The third-order valence-corrected chi connectivity index (χ3v) is 0.193. The number of nitrogens with one attached hydrogen (secondary N) is 1. The van der Waals surface area contributed by atoms with Gasteiger partial charge in [-0.05, 0) is 0 Å². The Morgan fingerprint density at radius 3 is 2.40 bits per heavy atom. The quantitative estimate of drug-likeness (QED) is 0.437. The molecule has 0 saturated heterocycles. The highest BCUT2D eigenvalue weighted by Gasteiger charge is 1.69. The summed E-state index contributed by atoms with van der Waals surface area (Å²) in [6, 6.07) is 0. The van der Waals surface area contributed by atoms with Crippen LogP contribution in [0.4, 0.5) is 0 Å². The van der Waals surface area contributed by atoms with E-state index in [0.29, 0.717) is 0 Å². The number of aliphatic hydroxyl groups excluding tert-OH is 1. The van der Waals surface area contributed by atoms with E-state index in [1.54, 1.807) is 0 Å². The zero-order chi connectivity index (χ0) is 4.12. The third-order valence-electron chi connectivity index (χ3n) is 0.193. The monoisotopic (exact) mass is 76.0 g/mol. The van der Waals surface area contributed by atoms with Gasteiger partial charge in [0.25, 0.3) is 0 Å². The Kier molecular flexibility index (Phi) is 3.79. The van der Waals surface area contributed by atoms with Gasteiger partial charge in [-0.25, -0.2) is 0 Å². The van der Waals surface area contributed by atoms with E-state index in [0.717, 1.165) is 0 Å². The molecule has 0 aliphatic rings. The summed E-state index contributed by atoms with van der Waals surface area (Å²) < 4.78 is 0. The second-order valence-corrected chi connectivity index (χ2v) is 0.572. The molecule has 0 aromatic carbocycles. The van der Waals surface area contributed by atoms with E-state index in [4.69, 9.17) is 11.0 Å². The Hall–Kier alpha value is -0.120. The highest BCUT2D eigenvalue weighted by atomic mass is 16.6. The number of aliphatic hydroxyl groups is 1. The van der Waals surface area contributed by atoms with Crippen LogP contribution >= 0.6 is 0 Å². The first kappa shape index (κ1) is 4.88. The van der Waals surface area contributed by atoms with Gasteiger partial charge >= 0.3 is 0 Å². The van der Waals surface area contributed by atoms with Crippen LogP contribution in [0.1, 0.15) is 0 Å². The fraction of sp³-hybridized carbons (Fsp3) is 1.00. The summed E-state index contributed by atoms with van der Waals surface area (Å²) in [4.78, 5) is 3.69. The van der Waals surface area contributed by atoms with Crippen molar-refractivity contribution in [3.63, 3.8) is 0 Å². The first-order valence-electron chi connectivity index (χ1n) is 1.31. The molecule has 0 amide bonds. The van der Waals surface area contributed by atoms with Gasteiger partial charge in [0.2, 0.25) is 0 Å². The summed E-state index contributed by atoms with van der Waals surface area (Å²) in [6.07, 6.45) is 0. The molecule has 0 unspecified atom stereocenters. The van der Waals surface area contributed by atoms with E-state index in [9.17, 15) is 0 Å². The van der Waals surface area contributed by atoms with Gasteiger partial charge in [-0.1, -0.05) is 0 Å². The molecule has 2 N–H and O–H groups in total. The number of hydrogen-bond acceptors (Lipinski definition) is 2. The molecule has 0 aliphatic heterocycles. The summed E-state index contributed by atoms with van der Waals surface area (Å²) in [5.74, 6) is 5.94. The zero-order valence-electron chi connectivity index (χ0n) is 2.77. The van der Waals surface area contributed by atoms with Crippen LogP contribution in [0.15, 0.2) is 0 Å². The van der Waals surface area contributed by atoms with Gasteiger partial charge in [0, 0.05) is 0 Å². The van der Waals surface area contributed by atoms with Crippen molar-refractivity contribution in [1.29, 1.82) is 0 Å². The fourth-order valence-corrected chi connectivity index (χ4v) is 0.0456. The van der Waals surface area contributed by atoms with Gasteiger partial charge in [-0.15, -0.1) is 5.90 Å². The molecule has 0 atom stereocenters.